The molecule has 2 aromatic heterocycles. The molecular formula is C27H17F4N3O5S. The lowest BCUT2D eigenvalue weighted by Crippen LogP contribution is -2.22. The van der Waals surface area contributed by atoms with Crippen LogP contribution in [0.4, 0.5) is 17.1 Å². The van der Waals surface area contributed by atoms with Gasteiger partial charge in [0.15, 0.2) is 5.43 Å². The zero-order valence-corrected chi connectivity index (χ0v) is 21.1. The molecule has 0 spiro atoms. The van der Waals surface area contributed by atoms with Crippen LogP contribution >= 0.6 is 0 Å². The summed E-state index contributed by atoms with van der Waals surface area (Å²) < 4.78 is 86.1. The first-order valence-electron chi connectivity index (χ1n) is 12.0. The molecule has 0 bridgehead atoms. The van der Waals surface area contributed by atoms with E-state index in [2.05, 4.69) is 13.9 Å². The normalized spacial score (nSPS) is 14.4. The number of halogens is 4. The number of hydrogen-bond acceptors (Lipinski definition) is 6. The second-order valence-corrected chi connectivity index (χ2v) is 10.4. The lowest BCUT2D eigenvalue weighted by atomic mass is 9.91. The number of aromatic nitrogens is 2. The van der Waals surface area contributed by atoms with Crippen LogP contribution < -0.4 is 14.3 Å². The van der Waals surface area contributed by atoms with Gasteiger partial charge in [0, 0.05) is 22.5 Å². The number of hydrogen-bond donors (Lipinski definition) is 1. The molecule has 6 rings (SSSR count). The molecule has 0 radical (unpaired) electrons. The number of nitriles is 1. The summed E-state index contributed by atoms with van der Waals surface area (Å²) in [4.78, 5) is 17.0. The van der Waals surface area contributed by atoms with Crippen LogP contribution in [0, 0.1) is 11.3 Å². The van der Waals surface area contributed by atoms with E-state index < -0.39 is 33.8 Å². The molecule has 13 heteroatoms. The minimum Gasteiger partial charge on any atom is -0.405 e. The first-order chi connectivity index (χ1) is 18.9. The van der Waals surface area contributed by atoms with Gasteiger partial charge in [0.2, 0.25) is 0 Å². The van der Waals surface area contributed by atoms with Crippen LogP contribution in [-0.2, 0) is 10.5 Å². The van der Waals surface area contributed by atoms with Crippen LogP contribution in [0.1, 0.15) is 30.9 Å². The molecule has 204 valence electrons. The second kappa shape index (κ2) is 8.99. The van der Waals surface area contributed by atoms with Crippen LogP contribution in [0.2, 0.25) is 0 Å². The number of fused-ring (bicyclic) bond motifs is 4. The Morgan fingerprint density at radius 3 is 2.48 bits per heavy atom. The van der Waals surface area contributed by atoms with Gasteiger partial charge in [-0.25, -0.2) is 0 Å². The summed E-state index contributed by atoms with van der Waals surface area (Å²) in [7, 11) is -5.39. The van der Waals surface area contributed by atoms with Gasteiger partial charge in [0.25, 0.3) is 0 Å². The summed E-state index contributed by atoms with van der Waals surface area (Å²) in [6.07, 6.45) is -2.68. The van der Waals surface area contributed by atoms with Gasteiger partial charge in [-0.05, 0) is 61.2 Å². The van der Waals surface area contributed by atoms with Gasteiger partial charge < -0.3 is 18.5 Å². The maximum Gasteiger partial charge on any atom is 0.573 e. The highest BCUT2D eigenvalue weighted by Gasteiger charge is 2.34. The number of pyridine rings is 1. The van der Waals surface area contributed by atoms with Gasteiger partial charge >= 0.3 is 16.9 Å². The summed E-state index contributed by atoms with van der Waals surface area (Å²) in [5.74, 6) is -1.17. The molecule has 2 heterocycles. The Kier molecular flexibility index (Phi) is 5.77. The van der Waals surface area contributed by atoms with E-state index in [9.17, 15) is 35.5 Å². The van der Waals surface area contributed by atoms with E-state index in [1.165, 1.54) is 18.2 Å². The zero-order chi connectivity index (χ0) is 28.4. The molecule has 1 fully saturated rings. The lowest BCUT2D eigenvalue weighted by Gasteiger charge is -2.31. The van der Waals surface area contributed by atoms with Crippen LogP contribution in [-0.4, -0.2) is 24.3 Å². The summed E-state index contributed by atoms with van der Waals surface area (Å²) >= 11 is 0. The highest BCUT2D eigenvalue weighted by Crippen LogP contribution is 2.42. The van der Waals surface area contributed by atoms with Crippen molar-refractivity contribution in [3.8, 4) is 28.7 Å². The SMILES string of the molecule is N#Cc1ccc2c(c1)[nH]c1c2c(=O)c2cc(OC(F)(F)F)c(-c3cccc(OS(=O)(=O)F)c3)cc2n1C1CCC1. The Balaban J connectivity index is 1.70. The highest BCUT2D eigenvalue weighted by atomic mass is 32.3. The third kappa shape index (κ3) is 4.50. The maximum absolute atomic E-state index is 13.8. The predicted molar refractivity (Wildman–Crippen MR) is 138 cm³/mol. The molecule has 0 unspecified atom stereocenters. The molecule has 1 aliphatic rings. The maximum atomic E-state index is 13.8. The van der Waals surface area contributed by atoms with Gasteiger partial charge in [-0.15, -0.1) is 13.2 Å². The van der Waals surface area contributed by atoms with Gasteiger partial charge in [-0.2, -0.15) is 13.7 Å². The van der Waals surface area contributed by atoms with E-state index in [-0.39, 0.29) is 27.9 Å². The number of nitrogens with one attached hydrogen (secondary N) is 1. The van der Waals surface area contributed by atoms with Crippen molar-refractivity contribution in [2.75, 3.05) is 0 Å². The zero-order valence-electron chi connectivity index (χ0n) is 20.3. The van der Waals surface area contributed by atoms with Gasteiger partial charge in [0.05, 0.1) is 27.9 Å². The molecule has 0 saturated heterocycles. The molecule has 5 aromatic rings. The average molecular weight is 572 g/mol. The molecule has 1 N–H and O–H groups in total. The molecule has 0 atom stereocenters. The minimum atomic E-state index is -5.39. The summed E-state index contributed by atoms with van der Waals surface area (Å²) in [5.41, 5.74) is 1.06. The quantitative estimate of drug-likeness (QED) is 0.193. The van der Waals surface area contributed by atoms with Gasteiger partial charge in [-0.3, -0.25) is 4.79 Å². The summed E-state index contributed by atoms with van der Waals surface area (Å²) in [6, 6.07) is 14.0. The van der Waals surface area contributed by atoms with Crippen molar-refractivity contribution >= 4 is 43.3 Å². The largest absolute Gasteiger partial charge is 0.573 e. The van der Waals surface area contributed by atoms with E-state index in [0.29, 0.717) is 27.6 Å². The van der Waals surface area contributed by atoms with Crippen molar-refractivity contribution in [3.05, 3.63) is 70.4 Å². The van der Waals surface area contributed by atoms with E-state index in [1.807, 2.05) is 10.6 Å². The van der Waals surface area contributed by atoms with E-state index in [1.54, 1.807) is 18.2 Å². The van der Waals surface area contributed by atoms with Crippen molar-refractivity contribution in [2.24, 2.45) is 0 Å². The first kappa shape index (κ1) is 25.7. The Hall–Kier alpha value is -4.57. The van der Waals surface area contributed by atoms with Crippen LogP contribution in [0.15, 0.2) is 59.4 Å². The third-order valence-electron chi connectivity index (χ3n) is 6.98. The topological polar surface area (TPSA) is 114 Å². The molecule has 3 aromatic carbocycles. The van der Waals surface area contributed by atoms with Crippen molar-refractivity contribution in [1.29, 1.82) is 5.26 Å². The van der Waals surface area contributed by atoms with Crippen LogP contribution in [0.3, 0.4) is 0 Å². The monoisotopic (exact) mass is 571 g/mol. The van der Waals surface area contributed by atoms with E-state index in [4.69, 9.17) is 0 Å². The molecule has 0 aliphatic heterocycles. The summed E-state index contributed by atoms with van der Waals surface area (Å²) in [6.45, 7) is 0. The number of H-pyrrole nitrogens is 1. The lowest BCUT2D eigenvalue weighted by molar-refractivity contribution is -0.274. The molecular weight excluding hydrogens is 554 g/mol. The van der Waals surface area contributed by atoms with Crippen molar-refractivity contribution in [2.45, 2.75) is 31.7 Å². The predicted octanol–water partition coefficient (Wildman–Crippen LogP) is 6.39. The number of rotatable bonds is 5. The standard InChI is InChI=1S/C27H17F4N3O5S/c28-27(29,30)38-23-12-20-22(11-19(23)15-3-1-6-17(10-15)39-40(31,36)37)34(16-4-2-5-16)26-24(25(20)35)18-8-7-14(13-32)9-21(18)33-26/h1,3,6-12,16,33H,2,4-5H2. The highest BCUT2D eigenvalue weighted by molar-refractivity contribution is 7.81. The molecule has 8 nitrogen and oxygen atoms in total. The summed E-state index contributed by atoms with van der Waals surface area (Å²) in [5, 5.41) is 10.1. The van der Waals surface area contributed by atoms with Crippen molar-refractivity contribution in [3.63, 3.8) is 0 Å². The fourth-order valence-electron chi connectivity index (χ4n) is 5.16. The minimum absolute atomic E-state index is 0.0219. The Morgan fingerprint density at radius 2 is 1.82 bits per heavy atom. The van der Waals surface area contributed by atoms with E-state index >= 15 is 0 Å². The smallest absolute Gasteiger partial charge is 0.405 e. The second-order valence-electron chi connectivity index (χ2n) is 9.42. The van der Waals surface area contributed by atoms with Crippen LogP contribution in [0.25, 0.3) is 44.0 Å². The number of alkyl halides is 3. The van der Waals surface area contributed by atoms with Crippen LogP contribution in [0.5, 0.6) is 11.5 Å². The fourth-order valence-corrected chi connectivity index (χ4v) is 5.49. The average Bonchev–Trinajstić information content (AvgIpc) is 3.22. The Labute approximate surface area is 223 Å². The molecule has 1 saturated carbocycles. The molecule has 0 amide bonds. The Bertz CT molecular complexity index is 2060. The number of ether oxygens (including phenoxy) is 1. The number of benzene rings is 3. The molecule has 40 heavy (non-hydrogen) atoms. The van der Waals surface area contributed by atoms with Crippen molar-refractivity contribution in [1.82, 2.24) is 9.55 Å². The van der Waals surface area contributed by atoms with E-state index in [0.717, 1.165) is 37.5 Å². The molecule has 1 aliphatic carbocycles. The van der Waals surface area contributed by atoms with Gasteiger partial charge in [0.1, 0.15) is 17.1 Å². The van der Waals surface area contributed by atoms with Gasteiger partial charge in [-0.1, -0.05) is 22.1 Å². The Morgan fingerprint density at radius 1 is 1.05 bits per heavy atom. The van der Waals surface area contributed by atoms with Crippen molar-refractivity contribution < 1.29 is 34.4 Å². The number of aromatic amines is 1. The first-order valence-corrected chi connectivity index (χ1v) is 13.3. The number of nitrogens with zero attached hydrogens (tertiary/aromatic N) is 2. The third-order valence-corrected chi connectivity index (χ3v) is 7.38. The fraction of sp³-hybridized carbons (Fsp3) is 0.185.